The van der Waals surface area contributed by atoms with Crippen LogP contribution in [-0.2, 0) is 21.2 Å². The van der Waals surface area contributed by atoms with Gasteiger partial charge in [-0.3, -0.25) is 4.79 Å². The van der Waals surface area contributed by atoms with Gasteiger partial charge in [-0.15, -0.1) is 11.3 Å². The normalized spacial score (nSPS) is 24.7. The van der Waals surface area contributed by atoms with Crippen molar-refractivity contribution in [1.29, 1.82) is 0 Å². The summed E-state index contributed by atoms with van der Waals surface area (Å²) >= 11 is 1.75. The number of thiophene rings is 1. The molecule has 5 nitrogen and oxygen atoms in total. The molecule has 0 N–H and O–H groups in total. The van der Waals surface area contributed by atoms with Gasteiger partial charge in [0.05, 0.1) is 5.25 Å². The molecule has 26 heavy (non-hydrogen) atoms. The fourth-order valence-electron chi connectivity index (χ4n) is 4.22. The molecule has 1 aromatic rings. The van der Waals surface area contributed by atoms with E-state index in [4.69, 9.17) is 0 Å². The Kier molecular flexibility index (Phi) is 6.41. The third-order valence-corrected chi connectivity index (χ3v) is 8.88. The van der Waals surface area contributed by atoms with Crippen LogP contribution in [0.1, 0.15) is 50.8 Å². The second-order valence-electron chi connectivity index (χ2n) is 7.73. The molecule has 2 fully saturated rings. The van der Waals surface area contributed by atoms with E-state index in [9.17, 15) is 13.2 Å². The Hall–Kier alpha value is -0.920. The van der Waals surface area contributed by atoms with Gasteiger partial charge in [-0.05, 0) is 63.3 Å². The topological polar surface area (TPSA) is 57.7 Å². The van der Waals surface area contributed by atoms with Gasteiger partial charge in [0, 0.05) is 37.0 Å². The minimum atomic E-state index is -3.20. The summed E-state index contributed by atoms with van der Waals surface area (Å²) in [7, 11) is -3.20. The highest BCUT2D eigenvalue weighted by molar-refractivity contribution is 7.89. The van der Waals surface area contributed by atoms with Crippen LogP contribution in [0, 0.1) is 5.92 Å². The first-order valence-corrected chi connectivity index (χ1v) is 12.1. The van der Waals surface area contributed by atoms with Crippen molar-refractivity contribution in [2.24, 2.45) is 5.92 Å². The number of hydrogen-bond acceptors (Lipinski definition) is 4. The van der Waals surface area contributed by atoms with Crippen molar-refractivity contribution in [2.75, 3.05) is 19.6 Å². The van der Waals surface area contributed by atoms with E-state index in [0.717, 1.165) is 38.6 Å². The lowest BCUT2D eigenvalue weighted by atomic mass is 9.84. The number of hydrogen-bond donors (Lipinski definition) is 0. The van der Waals surface area contributed by atoms with E-state index < -0.39 is 10.0 Å². The monoisotopic (exact) mass is 398 g/mol. The van der Waals surface area contributed by atoms with E-state index in [1.165, 1.54) is 4.88 Å². The lowest BCUT2D eigenvalue weighted by Crippen LogP contribution is -2.57. The van der Waals surface area contributed by atoms with Crippen LogP contribution >= 0.6 is 11.3 Å². The molecule has 2 aliphatic heterocycles. The number of carbonyl (C=O) groups is 1. The molecule has 0 bridgehead atoms. The first-order valence-electron chi connectivity index (χ1n) is 9.70. The lowest BCUT2D eigenvalue weighted by Gasteiger charge is -2.47. The number of rotatable bonds is 6. The van der Waals surface area contributed by atoms with Crippen molar-refractivity contribution in [1.82, 2.24) is 9.21 Å². The van der Waals surface area contributed by atoms with Crippen molar-refractivity contribution in [2.45, 2.75) is 63.7 Å². The second-order valence-corrected chi connectivity index (χ2v) is 11.3. The van der Waals surface area contributed by atoms with Crippen LogP contribution in [0.3, 0.4) is 0 Å². The first-order chi connectivity index (χ1) is 12.4. The Labute approximate surface area is 161 Å². The lowest BCUT2D eigenvalue weighted by molar-refractivity contribution is -0.137. The molecule has 0 unspecified atom stereocenters. The molecule has 0 spiro atoms. The van der Waals surface area contributed by atoms with Crippen molar-refractivity contribution in [3.05, 3.63) is 22.4 Å². The Morgan fingerprint density at radius 2 is 2.12 bits per heavy atom. The van der Waals surface area contributed by atoms with Crippen molar-refractivity contribution >= 4 is 27.3 Å². The van der Waals surface area contributed by atoms with Crippen LogP contribution in [0.25, 0.3) is 0 Å². The maximum atomic E-state index is 12.8. The second kappa shape index (κ2) is 8.40. The molecule has 3 rings (SSSR count). The van der Waals surface area contributed by atoms with Gasteiger partial charge in [0.25, 0.3) is 0 Å². The summed E-state index contributed by atoms with van der Waals surface area (Å²) in [5, 5.41) is 1.70. The van der Waals surface area contributed by atoms with E-state index in [0.29, 0.717) is 19.5 Å². The predicted octanol–water partition coefficient (Wildman–Crippen LogP) is 3.12. The third kappa shape index (κ3) is 4.31. The van der Waals surface area contributed by atoms with E-state index in [1.54, 1.807) is 29.5 Å². The average molecular weight is 399 g/mol. The minimum absolute atomic E-state index is 0.219. The number of sulfonamides is 1. The molecule has 7 heteroatoms. The molecular formula is C19H30N2O3S2. The van der Waals surface area contributed by atoms with Crippen LogP contribution in [-0.4, -0.2) is 54.5 Å². The quantitative estimate of drug-likeness (QED) is 0.740. The molecule has 1 aromatic heterocycles. The predicted molar refractivity (Wildman–Crippen MR) is 106 cm³/mol. The number of aryl methyl sites for hydroxylation is 1. The first kappa shape index (κ1) is 19.8. The molecule has 3 heterocycles. The number of nitrogens with zero attached hydrogens (tertiary/aromatic N) is 2. The van der Waals surface area contributed by atoms with E-state index in [-0.39, 0.29) is 23.1 Å². The Morgan fingerprint density at radius 1 is 1.31 bits per heavy atom. The number of piperidine rings is 2. The fraction of sp³-hybridized carbons (Fsp3) is 0.737. The van der Waals surface area contributed by atoms with E-state index >= 15 is 0 Å². The Balaban J connectivity index is 1.56. The molecule has 146 valence electrons. The number of likely N-dealkylation sites (tertiary alicyclic amines) is 1. The Bertz CT molecular complexity index is 700. The van der Waals surface area contributed by atoms with Gasteiger partial charge >= 0.3 is 0 Å². The number of amides is 1. The highest BCUT2D eigenvalue weighted by Gasteiger charge is 2.41. The summed E-state index contributed by atoms with van der Waals surface area (Å²) in [4.78, 5) is 16.2. The van der Waals surface area contributed by atoms with Gasteiger partial charge in [-0.25, -0.2) is 12.7 Å². The molecule has 0 radical (unpaired) electrons. The molecule has 2 saturated heterocycles. The highest BCUT2D eigenvalue weighted by Crippen LogP contribution is 2.33. The van der Waals surface area contributed by atoms with Crippen LogP contribution in [0.5, 0.6) is 0 Å². The summed E-state index contributed by atoms with van der Waals surface area (Å²) in [5.74, 6) is 0.531. The molecule has 1 amide bonds. The van der Waals surface area contributed by atoms with Gasteiger partial charge in [-0.1, -0.05) is 6.07 Å². The van der Waals surface area contributed by atoms with Gasteiger partial charge in [0.2, 0.25) is 15.9 Å². The summed E-state index contributed by atoms with van der Waals surface area (Å²) in [6.45, 7) is 5.43. The Morgan fingerprint density at radius 3 is 2.81 bits per heavy atom. The van der Waals surface area contributed by atoms with Gasteiger partial charge in [0.15, 0.2) is 0 Å². The smallest absolute Gasteiger partial charge is 0.222 e. The van der Waals surface area contributed by atoms with Crippen molar-refractivity contribution in [3.8, 4) is 0 Å². The summed E-state index contributed by atoms with van der Waals surface area (Å²) in [6.07, 6.45) is 5.22. The van der Waals surface area contributed by atoms with Crippen LogP contribution in [0.15, 0.2) is 17.5 Å². The summed E-state index contributed by atoms with van der Waals surface area (Å²) in [6, 6.07) is 4.39. The fourth-order valence-corrected chi connectivity index (χ4v) is 6.33. The molecule has 0 saturated carbocycles. The zero-order valence-corrected chi connectivity index (χ0v) is 17.4. The van der Waals surface area contributed by atoms with Gasteiger partial charge in [0.1, 0.15) is 0 Å². The largest absolute Gasteiger partial charge is 0.339 e. The third-order valence-electron chi connectivity index (χ3n) is 5.70. The van der Waals surface area contributed by atoms with Crippen LogP contribution in [0.2, 0.25) is 0 Å². The van der Waals surface area contributed by atoms with Crippen LogP contribution in [0.4, 0.5) is 0 Å². The van der Waals surface area contributed by atoms with Crippen molar-refractivity contribution in [3.63, 3.8) is 0 Å². The zero-order chi connectivity index (χ0) is 18.7. The average Bonchev–Trinajstić information content (AvgIpc) is 3.13. The van der Waals surface area contributed by atoms with Gasteiger partial charge < -0.3 is 4.90 Å². The summed E-state index contributed by atoms with van der Waals surface area (Å²) < 4.78 is 26.6. The molecule has 0 aliphatic carbocycles. The van der Waals surface area contributed by atoms with Gasteiger partial charge in [-0.2, -0.15) is 0 Å². The highest BCUT2D eigenvalue weighted by atomic mass is 32.2. The van der Waals surface area contributed by atoms with Crippen LogP contribution < -0.4 is 0 Å². The molecular weight excluding hydrogens is 368 g/mol. The minimum Gasteiger partial charge on any atom is -0.339 e. The molecule has 0 aromatic carbocycles. The van der Waals surface area contributed by atoms with Crippen molar-refractivity contribution < 1.29 is 13.2 Å². The summed E-state index contributed by atoms with van der Waals surface area (Å²) in [5.41, 5.74) is 0. The number of carbonyl (C=O) groups excluding carboxylic acids is 1. The zero-order valence-electron chi connectivity index (χ0n) is 15.8. The maximum absolute atomic E-state index is 12.8. The maximum Gasteiger partial charge on any atom is 0.222 e. The number of fused-ring (bicyclic) bond motifs is 1. The van der Waals surface area contributed by atoms with E-state index in [2.05, 4.69) is 22.4 Å². The standard InChI is InChI=1S/C19H30N2O3S2/c1-15(2)26(23,24)20-12-10-18-16(14-20)6-4-11-21(18)19(22)9-3-7-17-8-5-13-25-17/h5,8,13,15-16,18H,3-4,6-7,9-12,14H2,1-2H3/t16-,18-/m0/s1. The van der Waals surface area contributed by atoms with E-state index in [1.807, 2.05) is 0 Å². The molecule has 2 aliphatic rings. The SMILES string of the molecule is CC(C)S(=O)(=O)N1CC[C@H]2[C@@H](CCCN2C(=O)CCCc2cccs2)C1. The molecule has 2 atom stereocenters.